The molecule has 0 aliphatic rings. The third-order valence-corrected chi connectivity index (χ3v) is 3.20. The van der Waals surface area contributed by atoms with Crippen LogP contribution in [0.1, 0.15) is 0 Å². The van der Waals surface area contributed by atoms with Gasteiger partial charge in [0.2, 0.25) is 0 Å². The van der Waals surface area contributed by atoms with Crippen LogP contribution in [0, 0.1) is 0 Å². The zero-order chi connectivity index (χ0) is 13.4. The van der Waals surface area contributed by atoms with Gasteiger partial charge in [-0.1, -0.05) is 18.2 Å². The summed E-state index contributed by atoms with van der Waals surface area (Å²) in [6.45, 7) is 0. The van der Waals surface area contributed by atoms with E-state index in [2.05, 4.69) is 26.0 Å². The molecule has 20 heavy (non-hydrogen) atoms. The molecule has 0 amide bonds. The van der Waals surface area contributed by atoms with Crippen molar-refractivity contribution in [2.24, 2.45) is 0 Å². The number of para-hydroxylation sites is 1. The van der Waals surface area contributed by atoms with Crippen molar-refractivity contribution < 1.29 is 0 Å². The average Bonchev–Trinajstić information content (AvgIpc) is 3.19. The number of nitrogens with zero attached hydrogens (tertiary/aromatic N) is 3. The molecule has 3 heterocycles. The van der Waals surface area contributed by atoms with Crippen molar-refractivity contribution in [3.8, 4) is 22.9 Å². The van der Waals surface area contributed by atoms with Gasteiger partial charge in [-0.2, -0.15) is 0 Å². The summed E-state index contributed by atoms with van der Waals surface area (Å²) in [4.78, 5) is 19.6. The highest BCUT2D eigenvalue weighted by molar-refractivity contribution is 5.88. The van der Waals surface area contributed by atoms with Gasteiger partial charge in [0.15, 0.2) is 5.82 Å². The fourth-order valence-electron chi connectivity index (χ4n) is 2.28. The average molecular weight is 261 g/mol. The summed E-state index contributed by atoms with van der Waals surface area (Å²) in [5, 5.41) is 1.08. The van der Waals surface area contributed by atoms with Crippen LogP contribution in [0.15, 0.2) is 55.1 Å². The second-order valence-electron chi connectivity index (χ2n) is 4.45. The van der Waals surface area contributed by atoms with E-state index in [0.717, 1.165) is 33.8 Å². The molecule has 96 valence electrons. The van der Waals surface area contributed by atoms with Crippen LogP contribution in [-0.4, -0.2) is 24.9 Å². The molecule has 4 rings (SSSR count). The van der Waals surface area contributed by atoms with Crippen LogP contribution in [0.3, 0.4) is 0 Å². The number of imidazole rings is 2. The topological polar surface area (TPSA) is 70.2 Å². The molecule has 3 aromatic heterocycles. The number of benzene rings is 1. The first-order valence-electron chi connectivity index (χ1n) is 6.31. The van der Waals surface area contributed by atoms with Gasteiger partial charge in [0, 0.05) is 35.7 Å². The van der Waals surface area contributed by atoms with E-state index in [-0.39, 0.29) is 0 Å². The Kier molecular flexibility index (Phi) is 2.35. The minimum Gasteiger partial charge on any atom is -0.345 e. The number of H-pyrrole nitrogens is 2. The Morgan fingerprint density at radius 2 is 1.60 bits per heavy atom. The maximum Gasteiger partial charge on any atom is 0.156 e. The maximum absolute atomic E-state index is 4.72. The molecule has 5 heteroatoms. The molecule has 0 aliphatic carbocycles. The summed E-state index contributed by atoms with van der Waals surface area (Å²) in [5.41, 5.74) is 2.67. The molecule has 0 saturated carbocycles. The quantitative estimate of drug-likeness (QED) is 0.582. The Labute approximate surface area is 114 Å². The third kappa shape index (κ3) is 1.68. The molecular formula is C15H11N5. The summed E-state index contributed by atoms with van der Waals surface area (Å²) < 4.78 is 0. The lowest BCUT2D eigenvalue weighted by atomic mass is 10.1. The molecule has 1 aromatic carbocycles. The van der Waals surface area contributed by atoms with Crippen molar-refractivity contribution in [1.82, 2.24) is 24.9 Å². The highest BCUT2D eigenvalue weighted by atomic mass is 14.9. The predicted octanol–water partition coefficient (Wildman–Crippen LogP) is 3.01. The molecule has 4 aromatic rings. The minimum atomic E-state index is 0.738. The van der Waals surface area contributed by atoms with E-state index in [4.69, 9.17) is 4.98 Å². The van der Waals surface area contributed by atoms with Gasteiger partial charge in [-0.3, -0.25) is 0 Å². The molecule has 0 saturated heterocycles. The highest BCUT2D eigenvalue weighted by Gasteiger charge is 2.14. The van der Waals surface area contributed by atoms with Crippen molar-refractivity contribution in [3.05, 3.63) is 55.1 Å². The van der Waals surface area contributed by atoms with E-state index in [0.29, 0.717) is 0 Å². The van der Waals surface area contributed by atoms with Gasteiger partial charge in [0.05, 0.1) is 5.52 Å². The second-order valence-corrected chi connectivity index (χ2v) is 4.45. The zero-order valence-corrected chi connectivity index (χ0v) is 10.5. The van der Waals surface area contributed by atoms with Crippen LogP contribution >= 0.6 is 0 Å². The Morgan fingerprint density at radius 1 is 0.850 bits per heavy atom. The van der Waals surface area contributed by atoms with Crippen LogP contribution in [0.4, 0.5) is 0 Å². The summed E-state index contributed by atoms with van der Waals surface area (Å²) in [6.07, 6.45) is 7.04. The van der Waals surface area contributed by atoms with Crippen LogP contribution < -0.4 is 0 Å². The van der Waals surface area contributed by atoms with Gasteiger partial charge in [-0.15, -0.1) is 0 Å². The molecule has 0 atom stereocenters. The lowest BCUT2D eigenvalue weighted by Crippen LogP contribution is -1.93. The molecule has 0 radical (unpaired) electrons. The summed E-state index contributed by atoms with van der Waals surface area (Å²) in [6, 6.07) is 10.1. The number of aromatic amines is 2. The number of rotatable bonds is 2. The number of hydrogen-bond acceptors (Lipinski definition) is 3. The smallest absolute Gasteiger partial charge is 0.156 e. The first-order chi connectivity index (χ1) is 9.92. The lowest BCUT2D eigenvalue weighted by Gasteiger charge is -2.07. The van der Waals surface area contributed by atoms with Gasteiger partial charge < -0.3 is 9.97 Å². The summed E-state index contributed by atoms with van der Waals surface area (Å²) in [5.74, 6) is 1.52. The van der Waals surface area contributed by atoms with Crippen molar-refractivity contribution in [1.29, 1.82) is 0 Å². The van der Waals surface area contributed by atoms with E-state index < -0.39 is 0 Å². The number of hydrogen-bond donors (Lipinski definition) is 2. The molecule has 0 unspecified atom stereocenters. The van der Waals surface area contributed by atoms with Crippen LogP contribution in [0.25, 0.3) is 33.8 Å². The third-order valence-electron chi connectivity index (χ3n) is 3.20. The minimum absolute atomic E-state index is 0.738. The van der Waals surface area contributed by atoms with Crippen molar-refractivity contribution >= 4 is 10.9 Å². The molecule has 0 fully saturated rings. The van der Waals surface area contributed by atoms with Gasteiger partial charge in [0.1, 0.15) is 11.5 Å². The van der Waals surface area contributed by atoms with Gasteiger partial charge in [-0.25, -0.2) is 15.0 Å². The van der Waals surface area contributed by atoms with Crippen LogP contribution in [0.5, 0.6) is 0 Å². The van der Waals surface area contributed by atoms with Crippen molar-refractivity contribution in [2.45, 2.75) is 0 Å². The second kappa shape index (κ2) is 4.31. The molecule has 5 nitrogen and oxygen atoms in total. The number of nitrogens with one attached hydrogen (secondary N) is 2. The van der Waals surface area contributed by atoms with E-state index in [9.17, 15) is 0 Å². The Balaban J connectivity index is 2.06. The fourth-order valence-corrected chi connectivity index (χ4v) is 2.28. The monoisotopic (exact) mass is 261 g/mol. The molecule has 0 aliphatic heterocycles. The lowest BCUT2D eigenvalue weighted by molar-refractivity contribution is 1.23. The number of pyridine rings is 1. The zero-order valence-electron chi connectivity index (χ0n) is 10.5. The van der Waals surface area contributed by atoms with Crippen molar-refractivity contribution in [2.75, 3.05) is 0 Å². The fraction of sp³-hybridized carbons (Fsp3) is 0. The largest absolute Gasteiger partial charge is 0.345 e. The highest BCUT2D eigenvalue weighted by Crippen LogP contribution is 2.29. The maximum atomic E-state index is 4.72. The standard InChI is InChI=1S/C15H11N5/c1-2-4-12-10(3-1)9-11(14-16-5-6-17-14)13(20-12)15-18-7-8-19-15/h1-9H,(H,16,17)(H,18,19). The van der Waals surface area contributed by atoms with Crippen LogP contribution in [-0.2, 0) is 0 Å². The van der Waals surface area contributed by atoms with E-state index in [1.54, 1.807) is 24.8 Å². The molecule has 2 N–H and O–H groups in total. The number of fused-ring (bicyclic) bond motifs is 1. The van der Waals surface area contributed by atoms with Gasteiger partial charge >= 0.3 is 0 Å². The normalized spacial score (nSPS) is 11.0. The summed E-state index contributed by atoms with van der Waals surface area (Å²) in [7, 11) is 0. The predicted molar refractivity (Wildman–Crippen MR) is 76.9 cm³/mol. The van der Waals surface area contributed by atoms with Gasteiger partial charge in [-0.05, 0) is 12.1 Å². The first-order valence-corrected chi connectivity index (χ1v) is 6.31. The Hall–Kier alpha value is -2.95. The Morgan fingerprint density at radius 3 is 2.35 bits per heavy atom. The first kappa shape index (κ1) is 10.9. The van der Waals surface area contributed by atoms with Gasteiger partial charge in [0.25, 0.3) is 0 Å². The van der Waals surface area contributed by atoms with Crippen molar-refractivity contribution in [3.63, 3.8) is 0 Å². The SMILES string of the molecule is c1ccc2nc(-c3ncc[nH]3)c(-c3ncc[nH]3)cc2c1. The van der Waals surface area contributed by atoms with E-state index in [1.807, 2.05) is 24.3 Å². The summed E-state index contributed by atoms with van der Waals surface area (Å²) >= 11 is 0. The number of aromatic nitrogens is 5. The molecule has 0 spiro atoms. The molecular weight excluding hydrogens is 250 g/mol. The van der Waals surface area contributed by atoms with E-state index in [1.165, 1.54) is 0 Å². The Bertz CT molecular complexity index is 775. The van der Waals surface area contributed by atoms with E-state index >= 15 is 0 Å². The van der Waals surface area contributed by atoms with Crippen LogP contribution in [0.2, 0.25) is 0 Å². The molecule has 0 bridgehead atoms.